The molecule has 0 amide bonds. The van der Waals surface area contributed by atoms with E-state index in [1.54, 1.807) is 18.2 Å². The second-order valence-corrected chi connectivity index (χ2v) is 4.09. The minimum Gasteiger partial charge on any atom is -0.339 e. The molecule has 0 atom stereocenters. The van der Waals surface area contributed by atoms with Crippen LogP contribution in [-0.2, 0) is 0 Å². The Morgan fingerprint density at radius 1 is 1.39 bits per heavy atom. The van der Waals surface area contributed by atoms with Crippen molar-refractivity contribution < 1.29 is 9.45 Å². The number of aromatic nitrogens is 2. The fraction of sp³-hybridized carbons (Fsp3) is 0.273. The largest absolute Gasteiger partial charge is 0.339 e. The third-order valence-electron chi connectivity index (χ3n) is 2.91. The van der Waals surface area contributed by atoms with Crippen molar-refractivity contribution in [3.8, 4) is 11.4 Å². The predicted octanol–water partition coefficient (Wildman–Crippen LogP) is 1.33. The molecule has 0 bridgehead atoms. The molecule has 1 N–H and O–H groups in total. The van der Waals surface area contributed by atoms with Gasteiger partial charge in [-0.15, -0.1) is 0 Å². The molecule has 0 spiro atoms. The van der Waals surface area contributed by atoms with Crippen molar-refractivity contribution in [3.05, 3.63) is 40.3 Å². The van der Waals surface area contributed by atoms with Gasteiger partial charge in [0.1, 0.15) is 5.56 Å². The summed E-state index contributed by atoms with van der Waals surface area (Å²) in [7, 11) is 0. The first-order valence-electron chi connectivity index (χ1n) is 5.54. The smallest absolute Gasteiger partial charge is 0.280 e. The lowest BCUT2D eigenvalue weighted by atomic mass is 10.0. The van der Waals surface area contributed by atoms with E-state index in [1.165, 1.54) is 6.07 Å². The van der Waals surface area contributed by atoms with Crippen molar-refractivity contribution in [1.29, 1.82) is 0 Å². The summed E-state index contributed by atoms with van der Waals surface area (Å²) in [5, 5.41) is 17.8. The maximum Gasteiger partial charge on any atom is 0.280 e. The Labute approximate surface area is 102 Å². The topological polar surface area (TPSA) is 94.1 Å². The van der Waals surface area contributed by atoms with E-state index in [2.05, 4.69) is 15.5 Å². The van der Waals surface area contributed by atoms with Gasteiger partial charge in [-0.25, -0.2) is 0 Å². The van der Waals surface area contributed by atoms with Gasteiger partial charge < -0.3 is 9.84 Å². The second-order valence-electron chi connectivity index (χ2n) is 4.09. The van der Waals surface area contributed by atoms with Gasteiger partial charge in [-0.1, -0.05) is 17.3 Å². The van der Waals surface area contributed by atoms with Gasteiger partial charge in [-0.3, -0.25) is 10.1 Å². The number of nitro benzene ring substituents is 1. The van der Waals surface area contributed by atoms with Gasteiger partial charge in [0.15, 0.2) is 0 Å². The molecular weight excluding hydrogens is 236 g/mol. The van der Waals surface area contributed by atoms with Crippen LogP contribution >= 0.6 is 0 Å². The molecule has 2 aromatic rings. The van der Waals surface area contributed by atoms with E-state index in [9.17, 15) is 10.1 Å². The number of hydrogen-bond donors (Lipinski definition) is 1. The van der Waals surface area contributed by atoms with Crippen molar-refractivity contribution in [2.75, 3.05) is 13.1 Å². The van der Waals surface area contributed by atoms with E-state index in [1.807, 2.05) is 0 Å². The van der Waals surface area contributed by atoms with Gasteiger partial charge in [-0.2, -0.15) is 4.98 Å². The highest BCUT2D eigenvalue weighted by molar-refractivity contribution is 5.67. The highest BCUT2D eigenvalue weighted by Crippen LogP contribution is 2.28. The molecule has 3 rings (SSSR count). The number of nitro groups is 1. The van der Waals surface area contributed by atoms with Crippen LogP contribution in [0.25, 0.3) is 11.4 Å². The number of rotatable bonds is 3. The Balaban J connectivity index is 1.99. The van der Waals surface area contributed by atoms with E-state index >= 15 is 0 Å². The summed E-state index contributed by atoms with van der Waals surface area (Å²) in [5.74, 6) is 1.01. The van der Waals surface area contributed by atoms with Crippen LogP contribution in [0.15, 0.2) is 28.8 Å². The highest BCUT2D eigenvalue weighted by atomic mass is 16.6. The zero-order valence-electron chi connectivity index (χ0n) is 9.37. The summed E-state index contributed by atoms with van der Waals surface area (Å²) in [6, 6.07) is 6.36. The fourth-order valence-electron chi connectivity index (χ4n) is 1.80. The molecule has 0 aliphatic carbocycles. The lowest BCUT2D eigenvalue weighted by Crippen LogP contribution is -2.40. The maximum absolute atomic E-state index is 10.9. The minimum atomic E-state index is -0.448. The Morgan fingerprint density at radius 2 is 2.17 bits per heavy atom. The van der Waals surface area contributed by atoms with Crippen LogP contribution in [-0.4, -0.2) is 28.2 Å². The molecule has 2 heterocycles. The number of para-hydroxylation sites is 1. The molecule has 1 aromatic heterocycles. The zero-order valence-corrected chi connectivity index (χ0v) is 9.37. The quantitative estimate of drug-likeness (QED) is 0.648. The van der Waals surface area contributed by atoms with Crippen molar-refractivity contribution in [3.63, 3.8) is 0 Å². The van der Waals surface area contributed by atoms with Crippen molar-refractivity contribution in [2.45, 2.75) is 5.92 Å². The Kier molecular flexibility index (Phi) is 2.52. The average molecular weight is 246 g/mol. The molecule has 1 aliphatic heterocycles. The average Bonchev–Trinajstić information content (AvgIpc) is 2.76. The molecule has 0 radical (unpaired) electrons. The first-order chi connectivity index (χ1) is 8.75. The van der Waals surface area contributed by atoms with E-state index in [0.717, 1.165) is 13.1 Å². The van der Waals surface area contributed by atoms with E-state index < -0.39 is 4.92 Å². The number of benzene rings is 1. The number of nitrogens with zero attached hydrogens (tertiary/aromatic N) is 3. The molecule has 1 saturated heterocycles. The summed E-state index contributed by atoms with van der Waals surface area (Å²) < 4.78 is 5.13. The van der Waals surface area contributed by atoms with Crippen molar-refractivity contribution >= 4 is 5.69 Å². The Morgan fingerprint density at radius 3 is 2.83 bits per heavy atom. The van der Waals surface area contributed by atoms with Crippen LogP contribution in [0.5, 0.6) is 0 Å². The molecule has 0 saturated carbocycles. The zero-order chi connectivity index (χ0) is 12.5. The first-order valence-corrected chi connectivity index (χ1v) is 5.54. The molecule has 92 valence electrons. The van der Waals surface area contributed by atoms with Crippen LogP contribution in [0.1, 0.15) is 11.8 Å². The van der Waals surface area contributed by atoms with Gasteiger partial charge in [0, 0.05) is 19.2 Å². The molecule has 7 nitrogen and oxygen atoms in total. The van der Waals surface area contributed by atoms with Crippen LogP contribution in [0.3, 0.4) is 0 Å². The van der Waals surface area contributed by atoms with Crippen LogP contribution in [0.4, 0.5) is 5.69 Å². The van der Waals surface area contributed by atoms with Crippen LogP contribution in [0.2, 0.25) is 0 Å². The predicted molar refractivity (Wildman–Crippen MR) is 62.0 cm³/mol. The number of nitrogens with one attached hydrogen (secondary N) is 1. The summed E-state index contributed by atoms with van der Waals surface area (Å²) in [6.07, 6.45) is 0. The summed E-state index contributed by atoms with van der Waals surface area (Å²) in [6.45, 7) is 1.61. The molecule has 1 fully saturated rings. The summed E-state index contributed by atoms with van der Waals surface area (Å²) in [5.41, 5.74) is 0.362. The Bertz CT molecular complexity index is 591. The van der Waals surface area contributed by atoms with Crippen molar-refractivity contribution in [2.24, 2.45) is 0 Å². The van der Waals surface area contributed by atoms with Gasteiger partial charge in [0.25, 0.3) is 5.69 Å². The number of hydrogen-bond acceptors (Lipinski definition) is 6. The molecule has 18 heavy (non-hydrogen) atoms. The van der Waals surface area contributed by atoms with Crippen LogP contribution in [0, 0.1) is 10.1 Å². The maximum atomic E-state index is 10.9. The fourth-order valence-corrected chi connectivity index (χ4v) is 1.80. The third kappa shape index (κ3) is 1.74. The van der Waals surface area contributed by atoms with Gasteiger partial charge in [0.2, 0.25) is 11.7 Å². The second kappa shape index (κ2) is 4.19. The molecular formula is C11H10N4O3. The van der Waals surface area contributed by atoms with E-state index in [-0.39, 0.29) is 17.4 Å². The standard InChI is InChI=1S/C11H10N4O3/c16-15(17)9-4-2-1-3-8(9)10-13-11(18-14-10)7-5-12-6-7/h1-4,7,12H,5-6H2. The summed E-state index contributed by atoms with van der Waals surface area (Å²) in [4.78, 5) is 14.7. The van der Waals surface area contributed by atoms with E-state index in [4.69, 9.17) is 4.52 Å². The normalized spacial score (nSPS) is 15.3. The molecule has 7 heteroatoms. The lowest BCUT2D eigenvalue weighted by molar-refractivity contribution is -0.384. The highest BCUT2D eigenvalue weighted by Gasteiger charge is 2.26. The van der Waals surface area contributed by atoms with Crippen molar-refractivity contribution in [1.82, 2.24) is 15.5 Å². The van der Waals surface area contributed by atoms with E-state index in [0.29, 0.717) is 11.5 Å². The molecule has 1 aliphatic rings. The lowest BCUT2D eigenvalue weighted by Gasteiger charge is -2.22. The third-order valence-corrected chi connectivity index (χ3v) is 2.91. The van der Waals surface area contributed by atoms with Gasteiger partial charge >= 0.3 is 0 Å². The molecule has 1 aromatic carbocycles. The van der Waals surface area contributed by atoms with Crippen LogP contribution < -0.4 is 5.32 Å². The Hall–Kier alpha value is -2.28. The minimum absolute atomic E-state index is 0.0171. The molecule has 0 unspecified atom stereocenters. The first kappa shape index (κ1) is 10.8. The SMILES string of the molecule is O=[N+]([O-])c1ccccc1-c1noc(C2CNC2)n1. The monoisotopic (exact) mass is 246 g/mol. The summed E-state index contributed by atoms with van der Waals surface area (Å²) >= 11 is 0. The van der Waals surface area contributed by atoms with Gasteiger partial charge in [-0.05, 0) is 6.07 Å². The van der Waals surface area contributed by atoms with Gasteiger partial charge in [0.05, 0.1) is 10.8 Å².